The Balaban J connectivity index is 1.55. The lowest BCUT2D eigenvalue weighted by molar-refractivity contribution is -0.135. The first-order chi connectivity index (χ1) is 18.7. The molecule has 0 radical (unpaired) electrons. The summed E-state index contributed by atoms with van der Waals surface area (Å²) in [6.45, 7) is 1.76. The minimum atomic E-state index is -3.30. The van der Waals surface area contributed by atoms with Crippen molar-refractivity contribution in [3.8, 4) is 10.6 Å². The molecule has 1 unspecified atom stereocenters. The molecule has 1 saturated heterocycles. The van der Waals surface area contributed by atoms with Gasteiger partial charge < -0.3 is 25.1 Å². The fraction of sp³-hybridized carbons (Fsp3) is 0.407. The highest BCUT2D eigenvalue weighted by Gasteiger charge is 2.44. The number of primary amides is 1. The lowest BCUT2D eigenvalue weighted by Gasteiger charge is -2.39. The summed E-state index contributed by atoms with van der Waals surface area (Å²) in [5.74, 6) is -5.89. The van der Waals surface area contributed by atoms with Crippen LogP contribution < -0.4 is 11.1 Å². The van der Waals surface area contributed by atoms with Gasteiger partial charge in [0.05, 0.1) is 42.3 Å². The average molecular weight is 561 g/mol. The van der Waals surface area contributed by atoms with Gasteiger partial charge in [0.15, 0.2) is 5.76 Å². The van der Waals surface area contributed by atoms with Gasteiger partial charge in [0.2, 0.25) is 11.7 Å². The van der Waals surface area contributed by atoms with E-state index in [0.717, 1.165) is 4.88 Å². The third kappa shape index (κ3) is 7.07. The van der Waals surface area contributed by atoms with Crippen molar-refractivity contribution in [2.45, 2.75) is 44.2 Å². The van der Waals surface area contributed by atoms with E-state index in [2.05, 4.69) is 10.3 Å². The number of Topliss-reactive ketones (excluding diaryl/α,β-unsaturated/α-hetero) is 1. The molecular formula is C27H30F2N4O5S. The molecule has 1 aliphatic heterocycles. The summed E-state index contributed by atoms with van der Waals surface area (Å²) >= 11 is 1.41. The highest BCUT2D eigenvalue weighted by molar-refractivity contribution is 7.13. The van der Waals surface area contributed by atoms with Gasteiger partial charge in [0.1, 0.15) is 0 Å². The molecule has 1 aliphatic rings. The Kier molecular flexibility index (Phi) is 9.08. The molecule has 0 spiro atoms. The average Bonchev–Trinajstić information content (AvgIpc) is 3.63. The molecule has 1 aromatic carbocycles. The lowest BCUT2D eigenvalue weighted by Crippen LogP contribution is -2.58. The van der Waals surface area contributed by atoms with Crippen molar-refractivity contribution in [1.82, 2.24) is 15.2 Å². The molecule has 3 atom stereocenters. The number of alkyl halides is 2. The molecule has 0 aliphatic carbocycles. The Morgan fingerprint density at radius 3 is 2.67 bits per heavy atom. The molecule has 0 bridgehead atoms. The Morgan fingerprint density at radius 1 is 1.23 bits per heavy atom. The molecule has 4 rings (SSSR count). The first-order valence-electron chi connectivity index (χ1n) is 12.6. The normalized spacial score (nSPS) is 17.4. The number of nitrogens with one attached hydrogen (secondary N) is 1. The first-order valence-corrected chi connectivity index (χ1v) is 13.5. The third-order valence-electron chi connectivity index (χ3n) is 6.60. The van der Waals surface area contributed by atoms with Gasteiger partial charge in [-0.2, -0.15) is 0 Å². The molecule has 3 amide bonds. The zero-order valence-electron chi connectivity index (χ0n) is 21.3. The zero-order valence-corrected chi connectivity index (χ0v) is 22.2. The second-order valence-electron chi connectivity index (χ2n) is 9.34. The molecule has 3 aromatic rings. The number of morpholine rings is 1. The Labute approximate surface area is 228 Å². The highest BCUT2D eigenvalue weighted by Crippen LogP contribution is 2.32. The standard InChI is InChI=1S/C27H30F2N4O5S/c1-2-19(23(34)25-31-15-21(38-25)22-9-6-12-39-22)32-24(35)18(20-16-37-11-10-33(20)26(30)36)14-27(28,29)13-17-7-4-3-5-8-17/h3-9,12,15,18-20H,2,10-11,13-14,16H2,1H3,(H2,30,36)(H,32,35)/t18-,19-,20?/m0/s1. The predicted octanol–water partition coefficient (Wildman–Crippen LogP) is 4.14. The lowest BCUT2D eigenvalue weighted by atomic mass is 9.88. The minimum Gasteiger partial charge on any atom is -0.433 e. The van der Waals surface area contributed by atoms with Crippen molar-refractivity contribution in [2.24, 2.45) is 11.7 Å². The highest BCUT2D eigenvalue weighted by atomic mass is 32.1. The molecule has 3 N–H and O–H groups in total. The van der Waals surface area contributed by atoms with E-state index in [1.807, 2.05) is 17.5 Å². The number of nitrogens with two attached hydrogens (primary N) is 1. The molecule has 208 valence electrons. The van der Waals surface area contributed by atoms with Crippen LogP contribution >= 0.6 is 11.3 Å². The summed E-state index contributed by atoms with van der Waals surface area (Å²) < 4.78 is 41.7. The van der Waals surface area contributed by atoms with Crippen LogP contribution in [0.1, 0.15) is 36.0 Å². The quantitative estimate of drug-likeness (QED) is 0.339. The topological polar surface area (TPSA) is 128 Å². The molecule has 0 saturated carbocycles. The summed E-state index contributed by atoms with van der Waals surface area (Å²) in [6, 6.07) is 8.89. The van der Waals surface area contributed by atoms with E-state index < -0.39 is 54.5 Å². The molecule has 39 heavy (non-hydrogen) atoms. The Hall–Kier alpha value is -3.64. The van der Waals surface area contributed by atoms with Crippen LogP contribution in [-0.2, 0) is 16.0 Å². The fourth-order valence-electron chi connectivity index (χ4n) is 4.62. The molecule has 9 nitrogen and oxygen atoms in total. The van der Waals surface area contributed by atoms with Gasteiger partial charge in [-0.25, -0.2) is 18.6 Å². The number of carbonyl (C=O) groups excluding carboxylic acids is 3. The SMILES string of the molecule is CC[C@H](NC(=O)[C@@H](CC(F)(F)Cc1ccccc1)C1COCCN1C(N)=O)C(=O)c1ncc(-c2cccs2)o1. The maximum Gasteiger partial charge on any atom is 0.315 e. The van der Waals surface area contributed by atoms with Crippen LogP contribution in [-0.4, -0.2) is 65.4 Å². The fourth-order valence-corrected chi connectivity index (χ4v) is 5.29. The van der Waals surface area contributed by atoms with Crippen molar-refractivity contribution in [3.63, 3.8) is 0 Å². The predicted molar refractivity (Wildman–Crippen MR) is 140 cm³/mol. The van der Waals surface area contributed by atoms with E-state index in [9.17, 15) is 14.4 Å². The smallest absolute Gasteiger partial charge is 0.315 e. The number of oxazole rings is 1. The number of nitrogens with zero attached hydrogens (tertiary/aromatic N) is 2. The van der Waals surface area contributed by atoms with Crippen LogP contribution in [0.2, 0.25) is 0 Å². The third-order valence-corrected chi connectivity index (χ3v) is 7.48. The van der Waals surface area contributed by atoms with Gasteiger partial charge in [-0.1, -0.05) is 43.3 Å². The van der Waals surface area contributed by atoms with E-state index in [1.165, 1.54) is 22.4 Å². The number of halogens is 2. The summed E-state index contributed by atoms with van der Waals surface area (Å²) in [4.78, 5) is 44.9. The van der Waals surface area contributed by atoms with Gasteiger partial charge >= 0.3 is 6.03 Å². The van der Waals surface area contributed by atoms with Gasteiger partial charge in [0, 0.05) is 19.4 Å². The number of aromatic nitrogens is 1. The molecule has 1 fully saturated rings. The van der Waals surface area contributed by atoms with Crippen LogP contribution in [0.4, 0.5) is 13.6 Å². The number of urea groups is 1. The van der Waals surface area contributed by atoms with Crippen LogP contribution in [0.3, 0.4) is 0 Å². The largest absolute Gasteiger partial charge is 0.433 e. The second kappa shape index (κ2) is 12.5. The number of hydrogen-bond donors (Lipinski definition) is 2. The molecule has 3 heterocycles. The number of amides is 3. The maximum absolute atomic E-state index is 15.3. The number of rotatable bonds is 11. The number of hydrogen-bond acceptors (Lipinski definition) is 7. The number of benzene rings is 1. The van der Waals surface area contributed by atoms with Crippen molar-refractivity contribution < 1.29 is 32.3 Å². The van der Waals surface area contributed by atoms with Gasteiger partial charge in [0.25, 0.3) is 11.8 Å². The number of carbonyl (C=O) groups is 3. The van der Waals surface area contributed by atoms with Gasteiger partial charge in [-0.15, -0.1) is 11.3 Å². The Morgan fingerprint density at radius 2 is 2.00 bits per heavy atom. The molecule has 12 heteroatoms. The number of ketones is 1. The van der Waals surface area contributed by atoms with E-state index in [0.29, 0.717) is 11.3 Å². The van der Waals surface area contributed by atoms with E-state index in [4.69, 9.17) is 14.9 Å². The summed E-state index contributed by atoms with van der Waals surface area (Å²) in [5.41, 5.74) is 5.92. The molecular weight excluding hydrogens is 530 g/mol. The monoisotopic (exact) mass is 560 g/mol. The maximum atomic E-state index is 15.3. The van der Waals surface area contributed by atoms with Crippen molar-refractivity contribution >= 4 is 29.1 Å². The zero-order chi connectivity index (χ0) is 28.0. The van der Waals surface area contributed by atoms with E-state index >= 15 is 8.78 Å². The van der Waals surface area contributed by atoms with E-state index in [1.54, 1.807) is 37.3 Å². The van der Waals surface area contributed by atoms with Gasteiger partial charge in [-0.3, -0.25) is 9.59 Å². The summed E-state index contributed by atoms with van der Waals surface area (Å²) in [6.07, 6.45) is 0.108. The molecule has 2 aromatic heterocycles. The number of ether oxygens (including phenoxy) is 1. The minimum absolute atomic E-state index is 0.0615. The van der Waals surface area contributed by atoms with Crippen LogP contribution in [0, 0.1) is 5.92 Å². The van der Waals surface area contributed by atoms with E-state index in [-0.39, 0.29) is 32.1 Å². The summed E-state index contributed by atoms with van der Waals surface area (Å²) in [7, 11) is 0. The van der Waals surface area contributed by atoms with Crippen molar-refractivity contribution in [3.05, 3.63) is 65.5 Å². The first kappa shape index (κ1) is 28.4. The van der Waals surface area contributed by atoms with Crippen LogP contribution in [0.15, 0.2) is 58.5 Å². The van der Waals surface area contributed by atoms with Crippen molar-refractivity contribution in [1.29, 1.82) is 0 Å². The van der Waals surface area contributed by atoms with Gasteiger partial charge in [-0.05, 0) is 23.4 Å². The summed E-state index contributed by atoms with van der Waals surface area (Å²) in [5, 5.41) is 4.45. The van der Waals surface area contributed by atoms with Crippen LogP contribution in [0.5, 0.6) is 0 Å². The van der Waals surface area contributed by atoms with Crippen LogP contribution in [0.25, 0.3) is 10.6 Å². The second-order valence-corrected chi connectivity index (χ2v) is 10.3. The number of thiophene rings is 1. The van der Waals surface area contributed by atoms with Crippen molar-refractivity contribution in [2.75, 3.05) is 19.8 Å². The Bertz CT molecular complexity index is 1270.